The number of carbonyl (C=O) groups is 1. The van der Waals surface area contributed by atoms with Gasteiger partial charge in [0, 0.05) is 50.5 Å². The van der Waals surface area contributed by atoms with Crippen LogP contribution in [0.25, 0.3) is 11.3 Å². The molecule has 0 aliphatic carbocycles. The van der Waals surface area contributed by atoms with Gasteiger partial charge in [0.15, 0.2) is 0 Å². The van der Waals surface area contributed by atoms with Gasteiger partial charge < -0.3 is 24.9 Å². The molecule has 0 fully saturated rings. The van der Waals surface area contributed by atoms with Crippen LogP contribution in [-0.2, 0) is 26.7 Å². The van der Waals surface area contributed by atoms with Gasteiger partial charge in [-0.05, 0) is 60.8 Å². The van der Waals surface area contributed by atoms with Gasteiger partial charge in [0.1, 0.15) is 17.2 Å². The van der Waals surface area contributed by atoms with Gasteiger partial charge in [-0.1, -0.05) is 60.2 Å². The molecule has 0 amide bonds. The molecule has 7 nitrogen and oxygen atoms in total. The summed E-state index contributed by atoms with van der Waals surface area (Å²) in [6, 6.07) is 35.1. The van der Waals surface area contributed by atoms with Crippen LogP contribution in [0.2, 0.25) is 0 Å². The van der Waals surface area contributed by atoms with E-state index < -0.39 is 5.97 Å². The second kappa shape index (κ2) is 15.1. The second-order valence-corrected chi connectivity index (χ2v) is 8.00. The van der Waals surface area contributed by atoms with Crippen LogP contribution >= 0.6 is 0 Å². The van der Waals surface area contributed by atoms with Crippen molar-refractivity contribution in [1.29, 1.82) is 0 Å². The van der Waals surface area contributed by atoms with Gasteiger partial charge in [-0.2, -0.15) is 0 Å². The monoisotopic (exact) mass is 697 g/mol. The van der Waals surface area contributed by atoms with Gasteiger partial charge >= 0.3 is 5.97 Å². The van der Waals surface area contributed by atoms with Crippen molar-refractivity contribution in [3.63, 3.8) is 0 Å². The summed E-state index contributed by atoms with van der Waals surface area (Å²) in [7, 11) is 1.92. The van der Waals surface area contributed by atoms with Crippen molar-refractivity contribution in [3.05, 3.63) is 133 Å². The number of para-hydroxylation sites is 2. The third-order valence-electron chi connectivity index (χ3n) is 5.17. The molecule has 0 aliphatic heterocycles. The number of nitrogens with one attached hydrogen (secondary N) is 1. The number of carboxylic acid groups (broad SMARTS) is 1. The number of rotatable bonds is 8. The molecule has 5 rings (SSSR count). The summed E-state index contributed by atoms with van der Waals surface area (Å²) in [6.07, 6.45) is 3.25. The average molecular weight is 697 g/mol. The number of ether oxygens (including phenoxy) is 2. The number of aromatic carboxylic acids is 1. The summed E-state index contributed by atoms with van der Waals surface area (Å²) in [5.74, 6) is 1.80. The van der Waals surface area contributed by atoms with Crippen molar-refractivity contribution < 1.29 is 39.5 Å². The SMILES string of the molecule is CNCc1ccnc(-c2[c-]cc(Oc3ccccc3)cc2Oc2ccccc2)c1.O=C(O)c1ccccn1.[Ir]. The van der Waals surface area contributed by atoms with Crippen molar-refractivity contribution in [2.24, 2.45) is 0 Å². The van der Waals surface area contributed by atoms with E-state index >= 15 is 0 Å². The van der Waals surface area contributed by atoms with Gasteiger partial charge in [-0.3, -0.25) is 0 Å². The number of carboxylic acids is 1. The minimum Gasteiger partial charge on any atom is -0.502 e. The molecule has 0 bridgehead atoms. The van der Waals surface area contributed by atoms with E-state index in [9.17, 15) is 4.79 Å². The quantitative estimate of drug-likeness (QED) is 0.176. The summed E-state index contributed by atoms with van der Waals surface area (Å²) in [6.45, 7) is 0.763. The van der Waals surface area contributed by atoms with Crippen LogP contribution in [-0.4, -0.2) is 28.1 Å². The first-order chi connectivity index (χ1) is 18.6. The third kappa shape index (κ3) is 8.86. The standard InChI is InChI=1S/C25H21N2O2.C6H5NO2.Ir/c1-26-18-19-14-15-27-24(16-19)23-13-12-22(28-20-8-4-2-5-9-20)17-25(23)29-21-10-6-3-7-11-21;8-6(9)5-3-1-2-4-7-5;/h2-12,14-17,26H,18H2,1H3;1-4H,(H,8,9);/q-1;;. The summed E-state index contributed by atoms with van der Waals surface area (Å²) >= 11 is 0. The van der Waals surface area contributed by atoms with Crippen LogP contribution in [0.5, 0.6) is 23.0 Å². The summed E-state index contributed by atoms with van der Waals surface area (Å²) in [5.41, 5.74) is 2.81. The van der Waals surface area contributed by atoms with Crippen molar-refractivity contribution in [3.8, 4) is 34.3 Å². The van der Waals surface area contributed by atoms with Crippen molar-refractivity contribution in [1.82, 2.24) is 15.3 Å². The van der Waals surface area contributed by atoms with Crippen LogP contribution in [0.3, 0.4) is 0 Å². The fraction of sp³-hybridized carbons (Fsp3) is 0.0645. The zero-order valence-electron chi connectivity index (χ0n) is 21.1. The number of benzene rings is 3. The summed E-state index contributed by atoms with van der Waals surface area (Å²) in [4.78, 5) is 18.2. The Morgan fingerprint density at radius 1 is 0.821 bits per heavy atom. The van der Waals surface area contributed by atoms with E-state index in [0.717, 1.165) is 34.9 Å². The number of hydrogen-bond donors (Lipinski definition) is 2. The topological polar surface area (TPSA) is 93.6 Å². The maximum absolute atomic E-state index is 10.1. The molecule has 5 aromatic rings. The number of nitrogens with zero attached hydrogens (tertiary/aromatic N) is 2. The van der Waals surface area contributed by atoms with Crippen LogP contribution < -0.4 is 14.8 Å². The molecule has 2 N–H and O–H groups in total. The van der Waals surface area contributed by atoms with Crippen molar-refractivity contribution >= 4 is 5.97 Å². The molecule has 39 heavy (non-hydrogen) atoms. The van der Waals surface area contributed by atoms with E-state index in [1.165, 1.54) is 12.3 Å². The fourth-order valence-corrected chi connectivity index (χ4v) is 3.45. The van der Waals surface area contributed by atoms with Gasteiger partial charge in [0.05, 0.1) is 0 Å². The Hall–Kier alpha value is -4.36. The molecule has 0 unspecified atom stereocenters. The molecule has 2 heterocycles. The summed E-state index contributed by atoms with van der Waals surface area (Å²) in [5, 5.41) is 11.5. The molecule has 199 valence electrons. The van der Waals surface area contributed by atoms with Crippen molar-refractivity contribution in [2.75, 3.05) is 7.05 Å². The molecule has 0 spiro atoms. The first-order valence-electron chi connectivity index (χ1n) is 11.9. The predicted octanol–water partition coefficient (Wildman–Crippen LogP) is 6.63. The third-order valence-corrected chi connectivity index (χ3v) is 5.17. The average Bonchev–Trinajstić information content (AvgIpc) is 2.95. The first-order valence-corrected chi connectivity index (χ1v) is 11.9. The van der Waals surface area contributed by atoms with E-state index in [1.54, 1.807) is 18.3 Å². The number of hydrogen-bond acceptors (Lipinski definition) is 6. The molecule has 2 aromatic heterocycles. The second-order valence-electron chi connectivity index (χ2n) is 8.00. The van der Waals surface area contributed by atoms with Gasteiger partial charge in [0.25, 0.3) is 0 Å². The maximum Gasteiger partial charge on any atom is 0.354 e. The molecule has 3 aromatic carbocycles. The molecule has 0 aliphatic rings. The Bertz CT molecular complexity index is 1450. The van der Waals surface area contributed by atoms with Crippen LogP contribution in [0.15, 0.2) is 116 Å². The van der Waals surface area contributed by atoms with E-state index in [4.69, 9.17) is 14.6 Å². The molecule has 8 heteroatoms. The minimum atomic E-state index is -0.990. The Morgan fingerprint density at radius 3 is 2.08 bits per heavy atom. The summed E-state index contributed by atoms with van der Waals surface area (Å²) < 4.78 is 12.1. The molecular weight excluding hydrogens is 671 g/mol. The smallest absolute Gasteiger partial charge is 0.354 e. The van der Waals surface area contributed by atoms with Crippen LogP contribution in [0.1, 0.15) is 16.1 Å². The van der Waals surface area contributed by atoms with E-state index in [1.807, 2.05) is 92.0 Å². The van der Waals surface area contributed by atoms with E-state index in [-0.39, 0.29) is 25.8 Å². The Balaban J connectivity index is 0.000000359. The van der Waals surface area contributed by atoms with Gasteiger partial charge in [0.2, 0.25) is 0 Å². The molecule has 0 atom stereocenters. The van der Waals surface area contributed by atoms with Gasteiger partial charge in [-0.25, -0.2) is 9.78 Å². The molecule has 0 saturated heterocycles. The number of pyridine rings is 2. The Morgan fingerprint density at radius 2 is 1.49 bits per heavy atom. The number of aromatic nitrogens is 2. The van der Waals surface area contributed by atoms with Gasteiger partial charge in [-0.15, -0.1) is 12.1 Å². The molecule has 0 saturated carbocycles. The Kier molecular flexibility index (Phi) is 11.3. The normalized spacial score (nSPS) is 9.87. The van der Waals surface area contributed by atoms with Crippen LogP contribution in [0.4, 0.5) is 0 Å². The molecular formula is C31H26IrN3O4-. The zero-order valence-corrected chi connectivity index (χ0v) is 23.5. The fourth-order valence-electron chi connectivity index (χ4n) is 3.45. The molecule has 1 radical (unpaired) electrons. The minimum absolute atomic E-state index is 0. The maximum atomic E-state index is 10.1. The zero-order chi connectivity index (χ0) is 26.6. The van der Waals surface area contributed by atoms with E-state index in [0.29, 0.717) is 11.5 Å². The van der Waals surface area contributed by atoms with Crippen LogP contribution in [0, 0.1) is 6.07 Å². The Labute approximate surface area is 240 Å². The first kappa shape index (κ1) is 29.2. The predicted molar refractivity (Wildman–Crippen MR) is 146 cm³/mol. The van der Waals surface area contributed by atoms with E-state index in [2.05, 4.69) is 21.4 Å². The van der Waals surface area contributed by atoms with Crippen molar-refractivity contribution in [2.45, 2.75) is 6.54 Å². The largest absolute Gasteiger partial charge is 0.502 e.